The standard InChI is InChI=1S/C33H37N5/c1-33(2,3)32-12-22-38(23-13-32)27-26-37-20-10-31(11-21-37)30-8-18-36(19-9-30)25-24-35-16-6-29(7-17-35)28-4-14-34-15-5-28/h4-23H,24-27H2,1-3H3/q+4. The van der Waals surface area contributed by atoms with Gasteiger partial charge in [-0.3, -0.25) is 4.98 Å². The summed E-state index contributed by atoms with van der Waals surface area (Å²) in [5.74, 6) is 0. The van der Waals surface area contributed by atoms with Gasteiger partial charge in [-0.05, 0) is 45.4 Å². The summed E-state index contributed by atoms with van der Waals surface area (Å²) in [6.07, 6.45) is 21.0. The lowest BCUT2D eigenvalue weighted by Crippen LogP contribution is -2.44. The maximum atomic E-state index is 4.10. The number of nitrogens with zero attached hydrogens (tertiary/aromatic N) is 5. The van der Waals surface area contributed by atoms with Crippen LogP contribution in [0, 0.1) is 0 Å². The van der Waals surface area contributed by atoms with Crippen molar-refractivity contribution >= 4 is 0 Å². The molecule has 0 aliphatic heterocycles. The highest BCUT2D eigenvalue weighted by Gasteiger charge is 2.15. The molecule has 5 rings (SSSR count). The van der Waals surface area contributed by atoms with Gasteiger partial charge >= 0.3 is 0 Å². The minimum Gasteiger partial charge on any atom is -0.265 e. The smallest absolute Gasteiger partial charge is 0.206 e. The number of rotatable bonds is 8. The first-order valence-electron chi connectivity index (χ1n) is 13.3. The predicted molar refractivity (Wildman–Crippen MR) is 147 cm³/mol. The largest absolute Gasteiger partial charge is 0.265 e. The van der Waals surface area contributed by atoms with E-state index in [9.17, 15) is 0 Å². The number of aromatic nitrogens is 5. The zero-order chi connectivity index (χ0) is 26.4. The zero-order valence-corrected chi connectivity index (χ0v) is 22.6. The molecule has 0 fully saturated rings. The summed E-state index contributed by atoms with van der Waals surface area (Å²) in [5.41, 5.74) is 6.41. The van der Waals surface area contributed by atoms with Gasteiger partial charge in [0.05, 0.1) is 0 Å². The van der Waals surface area contributed by atoms with Crippen molar-refractivity contribution in [1.29, 1.82) is 0 Å². The number of aryl methyl sites for hydroxylation is 4. The van der Waals surface area contributed by atoms with Gasteiger partial charge in [-0.1, -0.05) is 20.8 Å². The normalized spacial score (nSPS) is 11.4. The van der Waals surface area contributed by atoms with Crippen LogP contribution in [0.5, 0.6) is 0 Å². The first kappa shape index (κ1) is 25.4. The quantitative estimate of drug-likeness (QED) is 0.291. The molecule has 5 nitrogen and oxygen atoms in total. The highest BCUT2D eigenvalue weighted by molar-refractivity contribution is 5.61. The molecule has 38 heavy (non-hydrogen) atoms. The molecule has 0 saturated heterocycles. The van der Waals surface area contributed by atoms with Crippen LogP contribution in [0.1, 0.15) is 26.3 Å². The van der Waals surface area contributed by atoms with Crippen molar-refractivity contribution in [2.75, 3.05) is 0 Å². The van der Waals surface area contributed by atoms with E-state index in [-0.39, 0.29) is 5.41 Å². The van der Waals surface area contributed by atoms with E-state index in [4.69, 9.17) is 0 Å². The molecule has 5 aromatic rings. The lowest BCUT2D eigenvalue weighted by molar-refractivity contribution is -0.778. The fourth-order valence-corrected chi connectivity index (χ4v) is 4.51. The predicted octanol–water partition coefficient (Wildman–Crippen LogP) is 4.26. The van der Waals surface area contributed by atoms with Crippen LogP contribution in [0.2, 0.25) is 0 Å². The summed E-state index contributed by atoms with van der Waals surface area (Å²) >= 11 is 0. The maximum Gasteiger partial charge on any atom is 0.206 e. The molecule has 0 aliphatic rings. The van der Waals surface area contributed by atoms with Crippen molar-refractivity contribution in [3.8, 4) is 22.3 Å². The molecule has 0 N–H and O–H groups in total. The number of hydrogen-bond donors (Lipinski definition) is 0. The van der Waals surface area contributed by atoms with Crippen LogP contribution in [-0.4, -0.2) is 4.98 Å². The van der Waals surface area contributed by atoms with E-state index in [2.05, 4.69) is 142 Å². The summed E-state index contributed by atoms with van der Waals surface area (Å²) in [5, 5.41) is 0. The monoisotopic (exact) mass is 503 g/mol. The second-order valence-electron chi connectivity index (χ2n) is 10.8. The average molecular weight is 504 g/mol. The summed E-state index contributed by atoms with van der Waals surface area (Å²) in [7, 11) is 0. The number of hydrogen-bond acceptors (Lipinski definition) is 1. The van der Waals surface area contributed by atoms with Crippen molar-refractivity contribution in [2.24, 2.45) is 0 Å². The Morgan fingerprint density at radius 2 is 0.737 bits per heavy atom. The Morgan fingerprint density at radius 1 is 0.447 bits per heavy atom. The Morgan fingerprint density at radius 3 is 1.05 bits per heavy atom. The molecule has 0 aromatic carbocycles. The molecule has 0 bridgehead atoms. The highest BCUT2D eigenvalue weighted by atomic mass is 15.0. The second-order valence-corrected chi connectivity index (χ2v) is 10.8. The molecule has 0 amide bonds. The van der Waals surface area contributed by atoms with Crippen molar-refractivity contribution in [1.82, 2.24) is 4.98 Å². The van der Waals surface area contributed by atoms with E-state index in [0.717, 1.165) is 26.2 Å². The van der Waals surface area contributed by atoms with Crippen LogP contribution >= 0.6 is 0 Å². The average Bonchev–Trinajstić information content (AvgIpc) is 2.96. The highest BCUT2D eigenvalue weighted by Crippen LogP contribution is 2.20. The first-order chi connectivity index (χ1) is 18.4. The topological polar surface area (TPSA) is 28.4 Å². The molecule has 5 aromatic heterocycles. The molecule has 0 radical (unpaired) electrons. The molecular formula is C33H37N5+4. The third-order valence-electron chi connectivity index (χ3n) is 7.01. The van der Waals surface area contributed by atoms with E-state index in [1.165, 1.54) is 27.8 Å². The summed E-state index contributed by atoms with van der Waals surface area (Å²) < 4.78 is 8.95. The lowest BCUT2D eigenvalue weighted by Gasteiger charge is -2.17. The summed E-state index contributed by atoms with van der Waals surface area (Å²) in [6.45, 7) is 10.5. The Kier molecular flexibility index (Phi) is 7.64. The third kappa shape index (κ3) is 6.54. The SMILES string of the molecule is CC(C)(C)c1cc[n+](CC[n+]2ccc(-c3cc[n+](CC[n+]4ccc(-c5ccncc5)cc4)cc3)cc2)cc1. The summed E-state index contributed by atoms with van der Waals surface area (Å²) in [4.78, 5) is 4.10. The van der Waals surface area contributed by atoms with E-state index in [1.54, 1.807) is 0 Å². The Balaban J connectivity index is 1.13. The van der Waals surface area contributed by atoms with E-state index in [0.29, 0.717) is 0 Å². The van der Waals surface area contributed by atoms with Gasteiger partial charge in [0.15, 0.2) is 49.6 Å². The third-order valence-corrected chi connectivity index (χ3v) is 7.01. The number of pyridine rings is 5. The van der Waals surface area contributed by atoms with E-state index in [1.807, 2.05) is 24.5 Å². The van der Waals surface area contributed by atoms with Gasteiger partial charge in [-0.2, -0.15) is 18.3 Å². The van der Waals surface area contributed by atoms with Gasteiger partial charge < -0.3 is 0 Å². The molecule has 5 heterocycles. The molecule has 0 spiro atoms. The van der Waals surface area contributed by atoms with Gasteiger partial charge in [0, 0.05) is 60.9 Å². The van der Waals surface area contributed by atoms with Crippen LogP contribution in [0.3, 0.4) is 0 Å². The van der Waals surface area contributed by atoms with Crippen LogP contribution in [0.25, 0.3) is 22.3 Å². The Bertz CT molecular complexity index is 1440. The minimum atomic E-state index is 0.187. The summed E-state index contributed by atoms with van der Waals surface area (Å²) in [6, 6.07) is 21.7. The minimum absolute atomic E-state index is 0.187. The van der Waals surface area contributed by atoms with Crippen LogP contribution < -0.4 is 18.3 Å². The molecule has 0 atom stereocenters. The van der Waals surface area contributed by atoms with E-state index >= 15 is 0 Å². The first-order valence-corrected chi connectivity index (χ1v) is 13.3. The Hall–Kier alpha value is -4.25. The van der Waals surface area contributed by atoms with E-state index < -0.39 is 0 Å². The van der Waals surface area contributed by atoms with Gasteiger partial charge in [-0.25, -0.2) is 0 Å². The van der Waals surface area contributed by atoms with Gasteiger partial charge in [0.2, 0.25) is 26.2 Å². The molecule has 0 aliphatic carbocycles. The van der Waals surface area contributed by atoms with Gasteiger partial charge in [-0.15, -0.1) is 0 Å². The Labute approximate surface area is 226 Å². The van der Waals surface area contributed by atoms with Crippen molar-refractivity contribution in [3.63, 3.8) is 0 Å². The second kappa shape index (κ2) is 11.4. The zero-order valence-electron chi connectivity index (χ0n) is 22.6. The van der Waals surface area contributed by atoms with Crippen LogP contribution in [0.4, 0.5) is 0 Å². The molecule has 5 heteroatoms. The van der Waals surface area contributed by atoms with Crippen molar-refractivity contribution in [3.05, 3.63) is 128 Å². The van der Waals surface area contributed by atoms with Gasteiger partial charge in [0.1, 0.15) is 0 Å². The maximum absolute atomic E-state index is 4.10. The molecular weight excluding hydrogens is 466 g/mol. The fraction of sp³-hybridized carbons (Fsp3) is 0.242. The van der Waals surface area contributed by atoms with Crippen molar-refractivity contribution in [2.45, 2.75) is 52.4 Å². The van der Waals surface area contributed by atoms with Crippen LogP contribution in [-0.2, 0) is 31.6 Å². The van der Waals surface area contributed by atoms with Gasteiger partial charge in [0.25, 0.3) is 0 Å². The van der Waals surface area contributed by atoms with Crippen molar-refractivity contribution < 1.29 is 18.3 Å². The fourth-order valence-electron chi connectivity index (χ4n) is 4.51. The lowest BCUT2D eigenvalue weighted by atomic mass is 9.88. The molecule has 0 unspecified atom stereocenters. The molecule has 0 saturated carbocycles. The van der Waals surface area contributed by atoms with Crippen LogP contribution in [0.15, 0.2) is 123 Å². The molecule has 190 valence electrons.